The highest BCUT2D eigenvalue weighted by molar-refractivity contribution is 7.92. The minimum atomic E-state index is -6.06. The molecule has 0 aromatic carbocycles. The summed E-state index contributed by atoms with van der Waals surface area (Å²) in [4.78, 5) is 1.64. The molecule has 7 nitrogen and oxygen atoms in total. The van der Waals surface area contributed by atoms with E-state index in [9.17, 15) is 34.8 Å². The number of pyridine rings is 1. The third-order valence-corrected chi connectivity index (χ3v) is 4.73. The summed E-state index contributed by atoms with van der Waals surface area (Å²) in [5.41, 5.74) is -2.96. The van der Waals surface area contributed by atoms with Crippen molar-refractivity contribution in [1.29, 1.82) is 5.26 Å². The Morgan fingerprint density at radius 1 is 1.23 bits per heavy atom. The monoisotopic (exact) mass is 419 g/mol. The average molecular weight is 420 g/mol. The predicted octanol–water partition coefficient (Wildman–Crippen LogP) is 2.69. The SMILES string of the molecule is N#Cc1nn(-c2ncc(C(F)(F)F)cc2Cl)c(N)c1S(=O)(=O)C(F)(F)F. The molecule has 0 radical (unpaired) electrons. The molecule has 140 valence electrons. The van der Waals surface area contributed by atoms with E-state index in [0.29, 0.717) is 6.07 Å². The van der Waals surface area contributed by atoms with Gasteiger partial charge < -0.3 is 5.73 Å². The Hall–Kier alpha value is -2.53. The molecule has 0 amide bonds. The van der Waals surface area contributed by atoms with Gasteiger partial charge in [-0.15, -0.1) is 0 Å². The lowest BCUT2D eigenvalue weighted by Gasteiger charge is -2.10. The summed E-state index contributed by atoms with van der Waals surface area (Å²) in [6, 6.07) is 1.50. The molecule has 0 saturated carbocycles. The molecular formula is C11H4ClF6N5O2S. The number of nitrogens with two attached hydrogens (primary N) is 1. The van der Waals surface area contributed by atoms with Gasteiger partial charge in [-0.2, -0.15) is 41.4 Å². The van der Waals surface area contributed by atoms with Crippen LogP contribution in [-0.4, -0.2) is 28.7 Å². The van der Waals surface area contributed by atoms with Crippen LogP contribution in [0.2, 0.25) is 5.02 Å². The van der Waals surface area contributed by atoms with E-state index in [0.717, 1.165) is 6.07 Å². The van der Waals surface area contributed by atoms with Gasteiger partial charge >= 0.3 is 11.7 Å². The maximum atomic E-state index is 12.7. The second-order valence-electron chi connectivity index (χ2n) is 4.56. The van der Waals surface area contributed by atoms with E-state index in [-0.39, 0.29) is 10.9 Å². The lowest BCUT2D eigenvalue weighted by atomic mass is 10.3. The van der Waals surface area contributed by atoms with Crippen LogP contribution in [0.3, 0.4) is 0 Å². The number of nitrogen functional groups attached to an aromatic ring is 1. The van der Waals surface area contributed by atoms with Gasteiger partial charge in [0.1, 0.15) is 11.9 Å². The van der Waals surface area contributed by atoms with Gasteiger partial charge in [0.25, 0.3) is 9.84 Å². The van der Waals surface area contributed by atoms with Crippen LogP contribution >= 0.6 is 11.6 Å². The number of alkyl halides is 6. The van der Waals surface area contributed by atoms with E-state index >= 15 is 0 Å². The smallest absolute Gasteiger partial charge is 0.382 e. The largest absolute Gasteiger partial charge is 0.502 e. The van der Waals surface area contributed by atoms with Gasteiger partial charge in [0.05, 0.1) is 10.6 Å². The summed E-state index contributed by atoms with van der Waals surface area (Å²) in [5, 5.41) is 11.3. The van der Waals surface area contributed by atoms with E-state index in [4.69, 9.17) is 22.6 Å². The molecule has 26 heavy (non-hydrogen) atoms. The molecule has 0 saturated heterocycles. The maximum Gasteiger partial charge on any atom is 0.502 e. The zero-order valence-electron chi connectivity index (χ0n) is 11.9. The summed E-state index contributed by atoms with van der Waals surface area (Å²) < 4.78 is 99.3. The van der Waals surface area contributed by atoms with Crippen molar-refractivity contribution in [3.05, 3.63) is 28.5 Å². The molecule has 0 unspecified atom stereocenters. The summed E-state index contributed by atoms with van der Waals surface area (Å²) in [6.45, 7) is 0. The van der Waals surface area contributed by atoms with E-state index in [1.54, 1.807) is 0 Å². The van der Waals surface area contributed by atoms with Crippen LogP contribution in [0.5, 0.6) is 0 Å². The molecule has 0 bridgehead atoms. The molecule has 15 heteroatoms. The minimum absolute atomic E-state index is 0.236. The molecule has 0 aliphatic carbocycles. The van der Waals surface area contributed by atoms with Gasteiger partial charge in [0.15, 0.2) is 16.4 Å². The fraction of sp³-hybridized carbons (Fsp3) is 0.182. The van der Waals surface area contributed by atoms with Crippen molar-refractivity contribution in [2.75, 3.05) is 5.73 Å². The zero-order valence-corrected chi connectivity index (χ0v) is 13.5. The van der Waals surface area contributed by atoms with E-state index < -0.39 is 54.3 Å². The first-order valence-electron chi connectivity index (χ1n) is 6.05. The second kappa shape index (κ2) is 6.02. The number of hydrogen-bond donors (Lipinski definition) is 1. The number of nitrogens with zero attached hydrogens (tertiary/aromatic N) is 4. The van der Waals surface area contributed by atoms with E-state index in [2.05, 4.69) is 10.1 Å². The molecule has 2 rings (SSSR count). The third kappa shape index (κ3) is 3.15. The van der Waals surface area contributed by atoms with Crippen molar-refractivity contribution in [2.45, 2.75) is 16.6 Å². The molecule has 2 aromatic heterocycles. The Kier molecular flexibility index (Phi) is 4.58. The van der Waals surface area contributed by atoms with Crippen molar-refractivity contribution in [2.24, 2.45) is 0 Å². The quantitative estimate of drug-likeness (QED) is 0.748. The minimum Gasteiger partial charge on any atom is -0.382 e. The van der Waals surface area contributed by atoms with Gasteiger partial charge in [-0.25, -0.2) is 13.4 Å². The van der Waals surface area contributed by atoms with Crippen molar-refractivity contribution >= 4 is 27.3 Å². The number of nitriles is 1. The Balaban J connectivity index is 2.74. The zero-order chi connectivity index (χ0) is 20.1. The number of aromatic nitrogens is 3. The molecule has 0 fully saturated rings. The lowest BCUT2D eigenvalue weighted by Crippen LogP contribution is -2.24. The van der Waals surface area contributed by atoms with Crippen molar-refractivity contribution in [1.82, 2.24) is 14.8 Å². The molecule has 0 aliphatic heterocycles. The Labute approximate surface area is 145 Å². The van der Waals surface area contributed by atoms with Gasteiger partial charge in [-0.1, -0.05) is 11.6 Å². The molecule has 2 heterocycles. The first-order chi connectivity index (χ1) is 11.7. The molecule has 0 atom stereocenters. The number of anilines is 1. The van der Waals surface area contributed by atoms with E-state index in [1.165, 1.54) is 0 Å². The first kappa shape index (κ1) is 19.8. The summed E-state index contributed by atoms with van der Waals surface area (Å²) in [6.07, 6.45) is -4.53. The van der Waals surface area contributed by atoms with Crippen molar-refractivity contribution in [3.63, 3.8) is 0 Å². The maximum absolute atomic E-state index is 12.7. The van der Waals surface area contributed by atoms with E-state index in [1.807, 2.05) is 0 Å². The molecule has 0 aliphatic rings. The highest BCUT2D eigenvalue weighted by Gasteiger charge is 2.51. The predicted molar refractivity (Wildman–Crippen MR) is 73.7 cm³/mol. The van der Waals surface area contributed by atoms with Gasteiger partial charge in [0, 0.05) is 6.20 Å². The summed E-state index contributed by atoms with van der Waals surface area (Å²) in [7, 11) is -6.06. The molecule has 2 aromatic rings. The van der Waals surface area contributed by atoms with Crippen LogP contribution in [0.15, 0.2) is 17.2 Å². The van der Waals surface area contributed by atoms with Gasteiger partial charge in [0.2, 0.25) is 0 Å². The fourth-order valence-electron chi connectivity index (χ4n) is 1.77. The topological polar surface area (TPSA) is 115 Å². The van der Waals surface area contributed by atoms with Crippen molar-refractivity contribution in [3.8, 4) is 11.9 Å². The normalized spacial score (nSPS) is 12.8. The number of hydrogen-bond acceptors (Lipinski definition) is 6. The van der Waals surface area contributed by atoms with Crippen LogP contribution in [0.25, 0.3) is 5.82 Å². The Morgan fingerprint density at radius 3 is 2.23 bits per heavy atom. The number of rotatable bonds is 2. The third-order valence-electron chi connectivity index (χ3n) is 2.90. The number of sulfone groups is 1. The first-order valence-corrected chi connectivity index (χ1v) is 7.91. The summed E-state index contributed by atoms with van der Waals surface area (Å²) in [5.74, 6) is -1.88. The molecular weight excluding hydrogens is 416 g/mol. The average Bonchev–Trinajstić information content (AvgIpc) is 2.82. The standard InChI is InChI=1S/C11H4ClF6N5O2S/c12-5-1-4(10(13,14)15)3-21-9(5)23-8(20)7(6(2-19)22-23)26(24,25)11(16,17)18/h1,3H,20H2. The highest BCUT2D eigenvalue weighted by atomic mass is 35.5. The molecule has 2 N–H and O–H groups in total. The van der Waals surface area contributed by atoms with Crippen molar-refractivity contribution < 1.29 is 34.8 Å². The van der Waals surface area contributed by atoms with Crippen LogP contribution < -0.4 is 5.73 Å². The second-order valence-corrected chi connectivity index (χ2v) is 6.85. The van der Waals surface area contributed by atoms with Crippen LogP contribution in [0.4, 0.5) is 32.2 Å². The Bertz CT molecular complexity index is 1020. The lowest BCUT2D eigenvalue weighted by molar-refractivity contribution is -0.137. The highest BCUT2D eigenvalue weighted by Crippen LogP contribution is 2.37. The Morgan fingerprint density at radius 2 is 1.81 bits per heavy atom. The van der Waals surface area contributed by atoms with Crippen LogP contribution in [0.1, 0.15) is 11.3 Å². The summed E-state index contributed by atoms with van der Waals surface area (Å²) >= 11 is 5.62. The van der Waals surface area contributed by atoms with Gasteiger partial charge in [-0.3, -0.25) is 0 Å². The number of halogens is 7. The molecule has 0 spiro atoms. The van der Waals surface area contributed by atoms with Crippen LogP contribution in [-0.2, 0) is 16.0 Å². The van der Waals surface area contributed by atoms with Crippen LogP contribution in [0, 0.1) is 11.3 Å². The van der Waals surface area contributed by atoms with Gasteiger partial charge in [-0.05, 0) is 6.07 Å². The fourth-order valence-corrected chi connectivity index (χ4v) is 2.95.